The lowest BCUT2D eigenvalue weighted by atomic mass is 9.96. The summed E-state index contributed by atoms with van der Waals surface area (Å²) in [5.74, 6) is -0.871. The lowest BCUT2D eigenvalue weighted by Gasteiger charge is -2.50. The Bertz CT molecular complexity index is 686. The molecule has 1 aromatic rings. The second-order valence-corrected chi connectivity index (χ2v) is 8.44. The summed E-state index contributed by atoms with van der Waals surface area (Å²) in [7, 11) is 3.22. The summed E-state index contributed by atoms with van der Waals surface area (Å²) in [4.78, 5) is 28.0. The molecule has 8 heteroatoms. The van der Waals surface area contributed by atoms with Gasteiger partial charge >= 0.3 is 6.03 Å². The molecule has 2 heterocycles. The lowest BCUT2D eigenvalue weighted by Crippen LogP contribution is -2.72. The van der Waals surface area contributed by atoms with E-state index in [1.807, 2.05) is 0 Å². The van der Waals surface area contributed by atoms with Gasteiger partial charge in [0.05, 0.1) is 23.6 Å². The molecular formula is C18H25FN4O2S. The molecular weight excluding hydrogens is 355 g/mol. The molecule has 0 saturated carbocycles. The number of thioether (sulfide) groups is 1. The van der Waals surface area contributed by atoms with Crippen molar-refractivity contribution in [3.63, 3.8) is 0 Å². The third-order valence-corrected chi connectivity index (χ3v) is 6.63. The van der Waals surface area contributed by atoms with E-state index in [1.165, 1.54) is 24.1 Å². The van der Waals surface area contributed by atoms with Crippen LogP contribution in [0.25, 0.3) is 0 Å². The van der Waals surface area contributed by atoms with Gasteiger partial charge in [0, 0.05) is 19.3 Å². The van der Waals surface area contributed by atoms with E-state index in [0.717, 1.165) is 12.0 Å². The summed E-state index contributed by atoms with van der Waals surface area (Å²) in [6, 6.07) is 5.93. The highest BCUT2D eigenvalue weighted by molar-refractivity contribution is 8.00. The number of carbonyl (C=O) groups is 2. The first-order valence-corrected chi connectivity index (χ1v) is 9.75. The third-order valence-electron chi connectivity index (χ3n) is 5.11. The maximum Gasteiger partial charge on any atom is 0.327 e. The van der Waals surface area contributed by atoms with Gasteiger partial charge in [-0.25, -0.2) is 9.18 Å². The minimum absolute atomic E-state index is 0.156. The molecule has 2 saturated heterocycles. The Balaban J connectivity index is 1.93. The fourth-order valence-electron chi connectivity index (χ4n) is 3.36. The SMILES string of the molecule is CCC(C)SC1NC(c2ccc(F)cc2)NC2C1C(=O)N(C)C(=O)N2C. The Hall–Kier alpha value is -1.64. The quantitative estimate of drug-likeness (QED) is 0.839. The van der Waals surface area contributed by atoms with Gasteiger partial charge in [-0.1, -0.05) is 26.0 Å². The van der Waals surface area contributed by atoms with Crippen LogP contribution in [0.5, 0.6) is 0 Å². The van der Waals surface area contributed by atoms with Crippen LogP contribution >= 0.6 is 11.8 Å². The average molecular weight is 380 g/mol. The summed E-state index contributed by atoms with van der Waals surface area (Å²) >= 11 is 1.71. The van der Waals surface area contributed by atoms with Crippen LogP contribution in [0.1, 0.15) is 32.0 Å². The molecule has 2 aliphatic heterocycles. The molecule has 3 rings (SSSR count). The summed E-state index contributed by atoms with van der Waals surface area (Å²) in [5, 5.41) is 7.04. The highest BCUT2D eigenvalue weighted by Gasteiger charge is 2.51. The molecule has 2 fully saturated rings. The van der Waals surface area contributed by atoms with Crippen molar-refractivity contribution < 1.29 is 14.0 Å². The minimum atomic E-state index is -0.413. The Morgan fingerprint density at radius 2 is 1.85 bits per heavy atom. The molecule has 5 atom stereocenters. The van der Waals surface area contributed by atoms with Gasteiger partial charge in [0.2, 0.25) is 5.91 Å². The zero-order chi connectivity index (χ0) is 19.0. The third kappa shape index (κ3) is 3.45. The Labute approximate surface area is 157 Å². The number of hydrogen-bond acceptors (Lipinski definition) is 5. The average Bonchev–Trinajstić information content (AvgIpc) is 2.64. The largest absolute Gasteiger partial charge is 0.327 e. The maximum atomic E-state index is 13.3. The number of fused-ring (bicyclic) bond motifs is 1. The van der Waals surface area contributed by atoms with E-state index in [0.29, 0.717) is 5.25 Å². The van der Waals surface area contributed by atoms with Crippen molar-refractivity contribution in [2.45, 2.75) is 43.2 Å². The Morgan fingerprint density at radius 1 is 1.19 bits per heavy atom. The van der Waals surface area contributed by atoms with E-state index < -0.39 is 12.1 Å². The van der Waals surface area contributed by atoms with Gasteiger partial charge in [0.25, 0.3) is 0 Å². The topological polar surface area (TPSA) is 64.7 Å². The lowest BCUT2D eigenvalue weighted by molar-refractivity contribution is -0.140. The van der Waals surface area contributed by atoms with Gasteiger partial charge in [-0.2, -0.15) is 0 Å². The second kappa shape index (κ2) is 7.54. The molecule has 142 valence electrons. The fraction of sp³-hybridized carbons (Fsp3) is 0.556. The van der Waals surface area contributed by atoms with Crippen LogP contribution in [0.15, 0.2) is 24.3 Å². The maximum absolute atomic E-state index is 13.3. The predicted molar refractivity (Wildman–Crippen MR) is 99.8 cm³/mol. The summed E-state index contributed by atoms with van der Waals surface area (Å²) in [5.41, 5.74) is 0.867. The van der Waals surface area contributed by atoms with E-state index in [2.05, 4.69) is 24.5 Å². The van der Waals surface area contributed by atoms with Crippen LogP contribution in [-0.2, 0) is 4.79 Å². The van der Waals surface area contributed by atoms with Crippen molar-refractivity contribution in [3.05, 3.63) is 35.6 Å². The number of nitrogens with zero attached hydrogens (tertiary/aromatic N) is 2. The number of rotatable bonds is 4. The van der Waals surface area contributed by atoms with Crippen LogP contribution in [0.3, 0.4) is 0 Å². The highest BCUT2D eigenvalue weighted by atomic mass is 32.2. The first-order chi connectivity index (χ1) is 12.3. The van der Waals surface area contributed by atoms with E-state index in [9.17, 15) is 14.0 Å². The van der Waals surface area contributed by atoms with Gasteiger partial charge in [-0.05, 0) is 24.1 Å². The predicted octanol–water partition coefficient (Wildman–Crippen LogP) is 2.34. The molecule has 26 heavy (non-hydrogen) atoms. The van der Waals surface area contributed by atoms with Gasteiger partial charge in [-0.3, -0.25) is 20.3 Å². The number of amides is 3. The van der Waals surface area contributed by atoms with Crippen molar-refractivity contribution in [1.29, 1.82) is 0 Å². The smallest absolute Gasteiger partial charge is 0.311 e. The number of halogens is 1. The van der Waals surface area contributed by atoms with Crippen LogP contribution in [0.4, 0.5) is 9.18 Å². The molecule has 3 amide bonds. The van der Waals surface area contributed by atoms with E-state index in [1.54, 1.807) is 35.8 Å². The molecule has 2 aliphatic rings. The monoisotopic (exact) mass is 380 g/mol. The van der Waals surface area contributed by atoms with Gasteiger partial charge in [0.1, 0.15) is 5.82 Å². The van der Waals surface area contributed by atoms with Crippen molar-refractivity contribution in [3.8, 4) is 0 Å². The number of urea groups is 1. The van der Waals surface area contributed by atoms with E-state index in [-0.39, 0.29) is 29.3 Å². The Kier molecular flexibility index (Phi) is 5.55. The van der Waals surface area contributed by atoms with Gasteiger partial charge in [-0.15, -0.1) is 11.8 Å². The highest BCUT2D eigenvalue weighted by Crippen LogP contribution is 2.36. The molecule has 5 unspecified atom stereocenters. The Morgan fingerprint density at radius 3 is 2.46 bits per heavy atom. The number of carbonyl (C=O) groups excluding carboxylic acids is 2. The second-order valence-electron chi connectivity index (χ2n) is 6.85. The van der Waals surface area contributed by atoms with E-state index in [4.69, 9.17) is 0 Å². The first kappa shape index (κ1) is 19.1. The molecule has 6 nitrogen and oxygen atoms in total. The fourth-order valence-corrected chi connectivity index (χ4v) is 4.71. The van der Waals surface area contributed by atoms with Gasteiger partial charge < -0.3 is 4.90 Å². The zero-order valence-electron chi connectivity index (χ0n) is 15.4. The van der Waals surface area contributed by atoms with Crippen molar-refractivity contribution in [1.82, 2.24) is 20.4 Å². The molecule has 0 bridgehead atoms. The molecule has 2 N–H and O–H groups in total. The molecule has 0 spiro atoms. The van der Waals surface area contributed by atoms with E-state index >= 15 is 0 Å². The number of benzene rings is 1. The normalized spacial score (nSPS) is 30.3. The van der Waals surface area contributed by atoms with Crippen molar-refractivity contribution in [2.75, 3.05) is 14.1 Å². The number of hydrogen-bond donors (Lipinski definition) is 2. The van der Waals surface area contributed by atoms with Crippen molar-refractivity contribution in [2.24, 2.45) is 5.92 Å². The van der Waals surface area contributed by atoms with Crippen LogP contribution in [0, 0.1) is 11.7 Å². The molecule has 1 aromatic carbocycles. The standard InChI is InChI=1S/C18H25FN4O2S/c1-5-10(2)26-16-13-15(22(3)18(25)23(4)17(13)24)20-14(21-16)11-6-8-12(19)9-7-11/h6-10,13-16,20-21H,5H2,1-4H3. The van der Waals surface area contributed by atoms with Crippen LogP contribution < -0.4 is 10.6 Å². The number of imide groups is 1. The van der Waals surface area contributed by atoms with Crippen LogP contribution in [0.2, 0.25) is 0 Å². The van der Waals surface area contributed by atoms with Crippen molar-refractivity contribution >= 4 is 23.7 Å². The summed E-state index contributed by atoms with van der Waals surface area (Å²) in [6.07, 6.45) is 0.294. The summed E-state index contributed by atoms with van der Waals surface area (Å²) < 4.78 is 13.3. The first-order valence-electron chi connectivity index (χ1n) is 8.80. The summed E-state index contributed by atoms with van der Waals surface area (Å²) in [6.45, 7) is 4.24. The minimum Gasteiger partial charge on any atom is -0.311 e. The zero-order valence-corrected chi connectivity index (χ0v) is 16.2. The van der Waals surface area contributed by atoms with Crippen LogP contribution in [-0.4, -0.2) is 52.6 Å². The number of nitrogens with one attached hydrogen (secondary N) is 2. The van der Waals surface area contributed by atoms with Gasteiger partial charge in [0.15, 0.2) is 0 Å². The molecule has 0 aliphatic carbocycles. The molecule has 0 radical (unpaired) electrons. The molecule has 0 aromatic heterocycles.